The Hall–Kier alpha value is -2.34. The summed E-state index contributed by atoms with van der Waals surface area (Å²) in [5.74, 6) is -0.574. The van der Waals surface area contributed by atoms with Crippen molar-refractivity contribution in [2.75, 3.05) is 11.4 Å². The SMILES string of the molecule is CC(C)(C)OC(=O)N[C@H](CN(C(=O)O)c1cnc(Br)s1)C(c1ccc(C(F)(F)F)cc1)C(C)(C)C. The van der Waals surface area contributed by atoms with Crippen LogP contribution < -0.4 is 10.2 Å². The van der Waals surface area contributed by atoms with Crippen molar-refractivity contribution >= 4 is 44.5 Å². The lowest BCUT2D eigenvalue weighted by Gasteiger charge is -2.39. The first-order valence-electron chi connectivity index (χ1n) is 10.7. The van der Waals surface area contributed by atoms with Gasteiger partial charge < -0.3 is 15.2 Å². The van der Waals surface area contributed by atoms with E-state index in [1.807, 2.05) is 20.8 Å². The highest BCUT2D eigenvalue weighted by atomic mass is 79.9. The van der Waals surface area contributed by atoms with Crippen molar-refractivity contribution in [3.05, 3.63) is 45.5 Å². The Morgan fingerprint density at radius 1 is 1.14 bits per heavy atom. The van der Waals surface area contributed by atoms with Crippen LogP contribution in [0.1, 0.15) is 58.6 Å². The Labute approximate surface area is 214 Å². The number of thiazole rings is 1. The summed E-state index contributed by atoms with van der Waals surface area (Å²) in [5, 5.41) is 13.0. The summed E-state index contributed by atoms with van der Waals surface area (Å²) in [6.07, 6.45) is -5.14. The number of nitrogens with zero attached hydrogens (tertiary/aromatic N) is 2. The van der Waals surface area contributed by atoms with E-state index in [0.717, 1.165) is 28.4 Å². The van der Waals surface area contributed by atoms with Gasteiger partial charge in [0.2, 0.25) is 0 Å². The van der Waals surface area contributed by atoms with E-state index in [1.54, 1.807) is 20.8 Å². The van der Waals surface area contributed by atoms with Crippen LogP contribution in [-0.2, 0) is 10.9 Å². The van der Waals surface area contributed by atoms with E-state index in [2.05, 4.69) is 26.2 Å². The molecule has 0 aliphatic heterocycles. The summed E-state index contributed by atoms with van der Waals surface area (Å²) in [6.45, 7) is 10.5. The fraction of sp³-hybridized carbons (Fsp3) is 0.522. The van der Waals surface area contributed by atoms with Gasteiger partial charge in [-0.25, -0.2) is 14.6 Å². The van der Waals surface area contributed by atoms with Gasteiger partial charge in [-0.15, -0.1) is 0 Å². The molecule has 1 heterocycles. The van der Waals surface area contributed by atoms with Crippen LogP contribution in [0, 0.1) is 5.41 Å². The molecule has 2 aromatic rings. The van der Waals surface area contributed by atoms with E-state index >= 15 is 0 Å². The summed E-state index contributed by atoms with van der Waals surface area (Å²) in [4.78, 5) is 30.0. The Bertz CT molecular complexity index is 1030. The van der Waals surface area contributed by atoms with Gasteiger partial charge in [0.05, 0.1) is 24.3 Å². The molecule has 1 aromatic carbocycles. The molecule has 0 saturated heterocycles. The van der Waals surface area contributed by atoms with Crippen LogP contribution in [0.4, 0.5) is 27.8 Å². The summed E-state index contributed by atoms with van der Waals surface area (Å²) in [5.41, 5.74) is -1.68. The highest BCUT2D eigenvalue weighted by Gasteiger charge is 2.39. The number of halogens is 4. The molecule has 1 unspecified atom stereocenters. The molecular formula is C23H29BrF3N3O4S. The first-order chi connectivity index (χ1) is 15.9. The first-order valence-corrected chi connectivity index (χ1v) is 12.3. The fourth-order valence-corrected chi connectivity index (χ4v) is 4.98. The number of rotatable bonds is 6. The van der Waals surface area contributed by atoms with Crippen LogP contribution in [0.15, 0.2) is 34.4 Å². The van der Waals surface area contributed by atoms with E-state index in [1.165, 1.54) is 18.3 Å². The van der Waals surface area contributed by atoms with Gasteiger partial charge in [0, 0.05) is 5.92 Å². The average Bonchev–Trinajstić information content (AvgIpc) is 3.08. The topological polar surface area (TPSA) is 91.8 Å². The van der Waals surface area contributed by atoms with E-state index in [-0.39, 0.29) is 6.54 Å². The first kappa shape index (κ1) is 28.9. The molecule has 1 aromatic heterocycles. The minimum absolute atomic E-state index is 0.188. The number of hydrogen-bond acceptors (Lipinski definition) is 5. The molecule has 0 saturated carbocycles. The second-order valence-corrected chi connectivity index (χ2v) is 12.3. The molecule has 0 aliphatic rings. The molecule has 2 atom stereocenters. The molecule has 194 valence electrons. The highest BCUT2D eigenvalue weighted by Crippen LogP contribution is 2.40. The quantitative estimate of drug-likeness (QED) is 0.379. The molecule has 0 aliphatic carbocycles. The van der Waals surface area contributed by atoms with E-state index < -0.39 is 46.9 Å². The van der Waals surface area contributed by atoms with Gasteiger partial charge in [-0.3, -0.25) is 4.90 Å². The molecule has 2 amide bonds. The molecule has 7 nitrogen and oxygen atoms in total. The largest absolute Gasteiger partial charge is 0.465 e. The minimum Gasteiger partial charge on any atom is -0.465 e. The number of anilines is 1. The molecular weight excluding hydrogens is 551 g/mol. The number of ether oxygens (including phenoxy) is 1. The van der Waals surface area contributed by atoms with Crippen molar-refractivity contribution in [3.8, 4) is 0 Å². The van der Waals surface area contributed by atoms with Gasteiger partial charge in [-0.05, 0) is 59.8 Å². The lowest BCUT2D eigenvalue weighted by Crippen LogP contribution is -2.52. The molecule has 12 heteroatoms. The van der Waals surface area contributed by atoms with Crippen LogP contribution in [0.25, 0.3) is 0 Å². The normalized spacial score (nSPS) is 14.2. The lowest BCUT2D eigenvalue weighted by atomic mass is 9.72. The van der Waals surface area contributed by atoms with Crippen molar-refractivity contribution in [1.82, 2.24) is 10.3 Å². The Balaban J connectivity index is 2.54. The van der Waals surface area contributed by atoms with Crippen molar-refractivity contribution in [3.63, 3.8) is 0 Å². The third-order valence-corrected chi connectivity index (χ3v) is 6.48. The zero-order valence-corrected chi connectivity index (χ0v) is 22.6. The van der Waals surface area contributed by atoms with Crippen LogP contribution in [-0.4, -0.2) is 40.5 Å². The molecule has 0 bridgehead atoms. The number of alkyl halides is 3. The number of carbonyl (C=O) groups excluding carboxylic acids is 1. The Morgan fingerprint density at radius 2 is 1.71 bits per heavy atom. The Kier molecular flexibility index (Phi) is 8.86. The number of hydrogen-bond donors (Lipinski definition) is 2. The maximum Gasteiger partial charge on any atom is 0.416 e. The van der Waals surface area contributed by atoms with Crippen LogP contribution in [0.2, 0.25) is 0 Å². The maximum atomic E-state index is 13.1. The second kappa shape index (κ2) is 10.7. The smallest absolute Gasteiger partial charge is 0.416 e. The number of aromatic nitrogens is 1. The molecule has 0 fully saturated rings. The number of nitrogens with one attached hydrogen (secondary N) is 1. The van der Waals surface area contributed by atoms with Crippen molar-refractivity contribution in [2.24, 2.45) is 5.41 Å². The molecule has 0 spiro atoms. The summed E-state index contributed by atoms with van der Waals surface area (Å²) in [7, 11) is 0. The van der Waals surface area contributed by atoms with Crippen LogP contribution >= 0.6 is 27.3 Å². The summed E-state index contributed by atoms with van der Waals surface area (Å²) < 4.78 is 45.3. The summed E-state index contributed by atoms with van der Waals surface area (Å²) in [6, 6.07) is 3.83. The van der Waals surface area contributed by atoms with Gasteiger partial charge in [-0.2, -0.15) is 13.2 Å². The second-order valence-electron chi connectivity index (χ2n) is 10.1. The minimum atomic E-state index is -4.50. The number of alkyl carbamates (subject to hydrolysis) is 1. The van der Waals surface area contributed by atoms with Crippen LogP contribution in [0.3, 0.4) is 0 Å². The standard InChI is InChI=1S/C23H29BrF3N3O4S/c1-21(2,3)17(13-7-9-14(10-8-13)23(25,26)27)15(29-19(31)34-22(4,5)6)12-30(20(32)33)16-11-28-18(24)35-16/h7-11,15,17H,12H2,1-6H3,(H,29,31)(H,32,33)/t15-,17?/m1/s1. The third-order valence-electron chi connectivity index (χ3n) is 4.98. The number of amides is 2. The lowest BCUT2D eigenvalue weighted by molar-refractivity contribution is -0.137. The third kappa shape index (κ3) is 8.38. The van der Waals surface area contributed by atoms with Crippen molar-refractivity contribution < 1.29 is 32.6 Å². The van der Waals surface area contributed by atoms with Crippen molar-refractivity contribution in [2.45, 2.75) is 65.3 Å². The molecule has 2 rings (SSSR count). The van der Waals surface area contributed by atoms with Gasteiger partial charge >= 0.3 is 18.4 Å². The number of carboxylic acid groups (broad SMARTS) is 1. The summed E-state index contributed by atoms with van der Waals surface area (Å²) >= 11 is 4.31. The van der Waals surface area contributed by atoms with Gasteiger partial charge in [0.15, 0.2) is 3.92 Å². The predicted octanol–water partition coefficient (Wildman–Crippen LogP) is 7.13. The monoisotopic (exact) mass is 579 g/mol. The highest BCUT2D eigenvalue weighted by molar-refractivity contribution is 9.11. The fourth-order valence-electron chi connectivity index (χ4n) is 3.74. The van der Waals surface area contributed by atoms with Crippen molar-refractivity contribution in [1.29, 1.82) is 0 Å². The number of carbonyl (C=O) groups is 2. The van der Waals surface area contributed by atoms with E-state index in [0.29, 0.717) is 14.5 Å². The molecule has 2 N–H and O–H groups in total. The maximum absolute atomic E-state index is 13.1. The van der Waals surface area contributed by atoms with E-state index in [9.17, 15) is 27.9 Å². The van der Waals surface area contributed by atoms with Gasteiger partial charge in [0.1, 0.15) is 10.6 Å². The number of benzene rings is 1. The van der Waals surface area contributed by atoms with Crippen LogP contribution in [0.5, 0.6) is 0 Å². The predicted molar refractivity (Wildman–Crippen MR) is 132 cm³/mol. The zero-order chi connectivity index (χ0) is 26.8. The molecule has 0 radical (unpaired) electrons. The Morgan fingerprint density at radius 3 is 2.11 bits per heavy atom. The van der Waals surface area contributed by atoms with Gasteiger partial charge in [0.25, 0.3) is 0 Å². The van der Waals surface area contributed by atoms with Gasteiger partial charge in [-0.1, -0.05) is 44.2 Å². The molecule has 35 heavy (non-hydrogen) atoms. The van der Waals surface area contributed by atoms with E-state index in [4.69, 9.17) is 4.74 Å². The zero-order valence-electron chi connectivity index (χ0n) is 20.2. The average molecular weight is 580 g/mol.